The third kappa shape index (κ3) is 4.54. The third-order valence-corrected chi connectivity index (χ3v) is 5.79. The van der Waals surface area contributed by atoms with E-state index in [2.05, 4.69) is 5.32 Å². The minimum Gasteiger partial charge on any atom is -0.330 e. The topological polar surface area (TPSA) is 83.6 Å². The second-order valence-corrected chi connectivity index (χ2v) is 7.99. The van der Waals surface area contributed by atoms with Crippen molar-refractivity contribution in [3.63, 3.8) is 0 Å². The van der Waals surface area contributed by atoms with E-state index in [1.54, 1.807) is 0 Å². The number of carbonyl (C=O) groups excluding carboxylic acids is 2. The van der Waals surface area contributed by atoms with Crippen molar-refractivity contribution >= 4 is 27.3 Å². The number of nitrogens with one attached hydrogen (secondary N) is 1. The number of hydrogen-bond acceptors (Lipinski definition) is 4. The van der Waals surface area contributed by atoms with Crippen LogP contribution in [0.1, 0.15) is 25.8 Å². The molecule has 1 heterocycles. The highest BCUT2D eigenvalue weighted by molar-refractivity contribution is 7.91. The normalized spacial score (nSPS) is 19.3. The van der Waals surface area contributed by atoms with E-state index >= 15 is 0 Å². The van der Waals surface area contributed by atoms with Crippen molar-refractivity contribution in [3.8, 4) is 0 Å². The first-order valence-electron chi connectivity index (χ1n) is 7.68. The Labute approximate surface area is 136 Å². The van der Waals surface area contributed by atoms with Gasteiger partial charge in [-0.05, 0) is 24.5 Å². The van der Waals surface area contributed by atoms with Gasteiger partial charge in [-0.3, -0.25) is 9.59 Å². The summed E-state index contributed by atoms with van der Waals surface area (Å²) >= 11 is 0. The molecule has 23 heavy (non-hydrogen) atoms. The molecule has 7 heteroatoms. The molecule has 1 N–H and O–H groups in total. The van der Waals surface area contributed by atoms with Crippen molar-refractivity contribution in [2.75, 3.05) is 23.4 Å². The minimum absolute atomic E-state index is 0.0641. The Morgan fingerprint density at radius 2 is 2.00 bits per heavy atom. The number of amides is 2. The largest absolute Gasteiger partial charge is 0.330 e. The molecule has 0 aliphatic carbocycles. The number of rotatable bonds is 5. The van der Waals surface area contributed by atoms with Crippen LogP contribution in [0.2, 0.25) is 0 Å². The summed E-state index contributed by atoms with van der Waals surface area (Å²) < 4.78 is 23.2. The molecule has 1 fully saturated rings. The molecule has 0 aromatic heterocycles. The fraction of sp³-hybridized carbons (Fsp3) is 0.500. The van der Waals surface area contributed by atoms with Gasteiger partial charge in [-0.25, -0.2) is 8.42 Å². The van der Waals surface area contributed by atoms with Gasteiger partial charge in [0.15, 0.2) is 9.84 Å². The second kappa shape index (κ2) is 7.12. The van der Waals surface area contributed by atoms with Crippen molar-refractivity contribution in [2.24, 2.45) is 0 Å². The predicted octanol–water partition coefficient (Wildman–Crippen LogP) is 1.22. The summed E-state index contributed by atoms with van der Waals surface area (Å²) in [4.78, 5) is 25.4. The van der Waals surface area contributed by atoms with E-state index in [0.29, 0.717) is 6.42 Å². The Morgan fingerprint density at radius 1 is 1.30 bits per heavy atom. The maximum Gasteiger partial charge on any atom is 0.244 e. The molecule has 1 aliphatic rings. The number of nitrogens with zero attached hydrogens (tertiary/aromatic N) is 1. The number of aryl methyl sites for hydroxylation is 1. The summed E-state index contributed by atoms with van der Waals surface area (Å²) in [5, 5.41) is 2.81. The summed E-state index contributed by atoms with van der Waals surface area (Å²) in [6.45, 7) is 3.22. The van der Waals surface area contributed by atoms with Gasteiger partial charge in [0.25, 0.3) is 0 Å². The van der Waals surface area contributed by atoms with Crippen LogP contribution >= 0.6 is 0 Å². The Hall–Kier alpha value is -1.89. The fourth-order valence-corrected chi connectivity index (χ4v) is 4.54. The Bertz CT molecular complexity index is 700. The Morgan fingerprint density at radius 3 is 2.57 bits per heavy atom. The van der Waals surface area contributed by atoms with E-state index in [1.165, 1.54) is 11.8 Å². The van der Waals surface area contributed by atoms with Crippen LogP contribution in [0.15, 0.2) is 24.3 Å². The zero-order valence-electron chi connectivity index (χ0n) is 13.4. The Kier molecular flexibility index (Phi) is 5.41. The lowest BCUT2D eigenvalue weighted by Crippen LogP contribution is -2.44. The second-order valence-electron chi connectivity index (χ2n) is 5.76. The lowest BCUT2D eigenvalue weighted by molar-refractivity contribution is -0.134. The van der Waals surface area contributed by atoms with Crippen LogP contribution in [0, 0.1) is 0 Å². The standard InChI is InChI=1S/C16H22N2O4S/c1-3-13-6-4-5-7-15(13)17-16(20)10-18(12(2)19)14-8-9-23(21,22)11-14/h4-7,14H,3,8-11H2,1-2H3,(H,17,20). The molecule has 0 saturated carbocycles. The molecule has 1 unspecified atom stereocenters. The fourth-order valence-electron chi connectivity index (χ4n) is 2.81. The molecule has 0 bridgehead atoms. The average molecular weight is 338 g/mol. The molecular weight excluding hydrogens is 316 g/mol. The van der Waals surface area contributed by atoms with Gasteiger partial charge >= 0.3 is 0 Å². The minimum atomic E-state index is -3.10. The number of anilines is 1. The van der Waals surface area contributed by atoms with E-state index in [-0.39, 0.29) is 29.9 Å². The predicted molar refractivity (Wildman–Crippen MR) is 88.9 cm³/mol. The van der Waals surface area contributed by atoms with Gasteiger partial charge in [0.1, 0.15) is 6.54 Å². The summed E-state index contributed by atoms with van der Waals surface area (Å²) in [5.41, 5.74) is 1.74. The molecule has 126 valence electrons. The highest BCUT2D eigenvalue weighted by Crippen LogP contribution is 2.19. The lowest BCUT2D eigenvalue weighted by atomic mass is 10.1. The maximum atomic E-state index is 12.3. The first kappa shape index (κ1) is 17.5. The smallest absolute Gasteiger partial charge is 0.244 e. The molecule has 1 aliphatic heterocycles. The van der Waals surface area contributed by atoms with Gasteiger partial charge in [0.05, 0.1) is 11.5 Å². The van der Waals surface area contributed by atoms with Gasteiger partial charge in [-0.15, -0.1) is 0 Å². The van der Waals surface area contributed by atoms with Gasteiger partial charge in [-0.2, -0.15) is 0 Å². The van der Waals surface area contributed by atoms with Crippen LogP contribution in [0.4, 0.5) is 5.69 Å². The molecule has 0 radical (unpaired) electrons. The number of benzene rings is 1. The maximum absolute atomic E-state index is 12.3. The zero-order valence-corrected chi connectivity index (χ0v) is 14.2. The van der Waals surface area contributed by atoms with E-state index in [0.717, 1.165) is 17.7 Å². The molecule has 2 amide bonds. The molecule has 2 rings (SSSR count). The van der Waals surface area contributed by atoms with Crippen molar-refractivity contribution in [1.29, 1.82) is 0 Å². The van der Waals surface area contributed by atoms with Crippen molar-refractivity contribution in [2.45, 2.75) is 32.7 Å². The summed E-state index contributed by atoms with van der Waals surface area (Å²) in [6.07, 6.45) is 1.18. The van der Waals surface area contributed by atoms with E-state index in [9.17, 15) is 18.0 Å². The highest BCUT2D eigenvalue weighted by atomic mass is 32.2. The van der Waals surface area contributed by atoms with Gasteiger partial charge in [0, 0.05) is 18.7 Å². The van der Waals surface area contributed by atoms with Gasteiger partial charge < -0.3 is 10.2 Å². The van der Waals surface area contributed by atoms with Crippen LogP contribution in [0.3, 0.4) is 0 Å². The molecule has 1 saturated heterocycles. The van der Waals surface area contributed by atoms with E-state index in [4.69, 9.17) is 0 Å². The summed E-state index contributed by atoms with van der Waals surface area (Å²) in [5.74, 6) is -0.593. The summed E-state index contributed by atoms with van der Waals surface area (Å²) in [7, 11) is -3.10. The molecule has 1 atom stereocenters. The quantitative estimate of drug-likeness (QED) is 0.875. The van der Waals surface area contributed by atoms with E-state index in [1.807, 2.05) is 31.2 Å². The average Bonchev–Trinajstić information content (AvgIpc) is 2.85. The van der Waals surface area contributed by atoms with Crippen molar-refractivity contribution < 1.29 is 18.0 Å². The SMILES string of the molecule is CCc1ccccc1NC(=O)CN(C(C)=O)C1CCS(=O)(=O)C1. The van der Waals surface area contributed by atoms with Crippen molar-refractivity contribution in [1.82, 2.24) is 4.90 Å². The van der Waals surface area contributed by atoms with Crippen LogP contribution in [0.25, 0.3) is 0 Å². The molecular formula is C16H22N2O4S. The number of para-hydroxylation sites is 1. The third-order valence-electron chi connectivity index (χ3n) is 4.04. The number of carbonyl (C=O) groups is 2. The van der Waals surface area contributed by atoms with Gasteiger partial charge in [0.2, 0.25) is 11.8 Å². The first-order chi connectivity index (χ1) is 10.8. The van der Waals surface area contributed by atoms with E-state index < -0.39 is 15.9 Å². The number of sulfone groups is 1. The van der Waals surface area contributed by atoms with Crippen LogP contribution in [0.5, 0.6) is 0 Å². The Balaban J connectivity index is 2.06. The zero-order chi connectivity index (χ0) is 17.0. The monoisotopic (exact) mass is 338 g/mol. The molecule has 1 aromatic rings. The van der Waals surface area contributed by atoms with Crippen LogP contribution < -0.4 is 5.32 Å². The van der Waals surface area contributed by atoms with Gasteiger partial charge in [-0.1, -0.05) is 25.1 Å². The van der Waals surface area contributed by atoms with Crippen LogP contribution in [-0.2, 0) is 25.8 Å². The summed E-state index contributed by atoms with van der Waals surface area (Å²) in [6, 6.07) is 7.07. The molecule has 1 aromatic carbocycles. The molecule has 0 spiro atoms. The van der Waals surface area contributed by atoms with Crippen molar-refractivity contribution in [3.05, 3.63) is 29.8 Å². The molecule has 6 nitrogen and oxygen atoms in total. The first-order valence-corrected chi connectivity index (χ1v) is 9.50. The lowest BCUT2D eigenvalue weighted by Gasteiger charge is -2.26. The number of hydrogen-bond donors (Lipinski definition) is 1. The van der Waals surface area contributed by atoms with Crippen LogP contribution in [-0.4, -0.2) is 49.2 Å². The highest BCUT2D eigenvalue weighted by Gasteiger charge is 2.34.